The molecule has 0 atom stereocenters. The molecule has 0 radical (unpaired) electrons. The van der Waals surface area contributed by atoms with Crippen molar-refractivity contribution < 1.29 is 0 Å². The zero-order valence-corrected chi connectivity index (χ0v) is 13.3. The highest BCUT2D eigenvalue weighted by atomic mass is 79.9. The van der Waals surface area contributed by atoms with Crippen LogP contribution in [0.2, 0.25) is 0 Å². The first-order valence-corrected chi connectivity index (χ1v) is 7.67. The summed E-state index contributed by atoms with van der Waals surface area (Å²) in [5, 5.41) is 7.37. The van der Waals surface area contributed by atoms with Crippen LogP contribution in [0.4, 0.5) is 0 Å². The molecule has 0 unspecified atom stereocenters. The Hall–Kier alpha value is 0.490. The molecule has 10 heteroatoms. The Labute approximate surface area is 119 Å². The summed E-state index contributed by atoms with van der Waals surface area (Å²) >= 11 is 12.9. The Morgan fingerprint density at radius 2 is 2.13 bits per heavy atom. The van der Waals surface area contributed by atoms with E-state index in [1.54, 1.807) is 11.8 Å². The van der Waals surface area contributed by atoms with Crippen molar-refractivity contribution in [2.75, 3.05) is 0 Å². The van der Waals surface area contributed by atoms with Gasteiger partial charge in [0.1, 0.15) is 9.21 Å². The van der Waals surface area contributed by atoms with Crippen LogP contribution in [0, 0.1) is 0 Å². The summed E-state index contributed by atoms with van der Waals surface area (Å²) in [5.41, 5.74) is 0. The minimum absolute atomic E-state index is 0.691. The lowest BCUT2D eigenvalue weighted by Crippen LogP contribution is -1.94. The fourth-order valence-corrected chi connectivity index (χ4v) is 4.11. The molecule has 0 aromatic carbocycles. The quantitative estimate of drug-likeness (QED) is 0.693. The fourth-order valence-electron chi connectivity index (χ4n) is 0.791. The van der Waals surface area contributed by atoms with Crippen LogP contribution in [0.25, 0.3) is 0 Å². The van der Waals surface area contributed by atoms with Crippen molar-refractivity contribution in [1.82, 2.24) is 24.4 Å². The number of aromatic nitrogens is 5. The van der Waals surface area contributed by atoms with Crippen LogP contribution in [-0.2, 0) is 5.88 Å². The van der Waals surface area contributed by atoms with Crippen molar-refractivity contribution in [2.24, 2.45) is 0 Å². The summed E-state index contributed by atoms with van der Waals surface area (Å²) in [7, 11) is 0. The zero-order valence-electron chi connectivity index (χ0n) is 6.89. The van der Waals surface area contributed by atoms with E-state index in [-0.39, 0.29) is 0 Å². The Balaban J connectivity index is 2.11. The highest BCUT2D eigenvalue weighted by Gasteiger charge is 2.11. The number of rotatable bonds is 3. The summed E-state index contributed by atoms with van der Waals surface area (Å²) < 4.78 is 8.89. The van der Waals surface area contributed by atoms with E-state index in [4.69, 9.17) is 0 Å². The molecule has 0 N–H and O–H groups in total. The maximum atomic E-state index is 4.20. The van der Waals surface area contributed by atoms with Gasteiger partial charge in [0.05, 0.1) is 5.88 Å². The van der Waals surface area contributed by atoms with E-state index in [0.29, 0.717) is 5.88 Å². The maximum absolute atomic E-state index is 4.20. The molecule has 15 heavy (non-hydrogen) atoms. The molecule has 5 nitrogen and oxygen atoms in total. The van der Waals surface area contributed by atoms with Gasteiger partial charge in [-0.3, -0.25) is 0 Å². The molecule has 0 spiro atoms. The molecule has 2 rings (SSSR count). The Morgan fingerprint density at radius 1 is 1.33 bits per heavy atom. The average Bonchev–Trinajstić information content (AvgIpc) is 2.76. The third kappa shape index (κ3) is 2.78. The summed E-state index contributed by atoms with van der Waals surface area (Å²) in [6.07, 6.45) is 0. The first-order chi connectivity index (χ1) is 7.18. The molecule has 0 saturated carbocycles. The molecule has 0 aliphatic rings. The second-order valence-electron chi connectivity index (χ2n) is 2.29. The van der Waals surface area contributed by atoms with Crippen molar-refractivity contribution in [3.05, 3.63) is 13.9 Å². The SMILES string of the molecule is Brc1nc(Br)n(CSc2nnns2)c1Br. The van der Waals surface area contributed by atoms with E-state index in [1.165, 1.54) is 11.5 Å². The highest BCUT2D eigenvalue weighted by molar-refractivity contribution is 9.13. The van der Waals surface area contributed by atoms with Gasteiger partial charge in [0.25, 0.3) is 0 Å². The van der Waals surface area contributed by atoms with Crippen molar-refractivity contribution in [2.45, 2.75) is 10.2 Å². The molecule has 80 valence electrons. The summed E-state index contributed by atoms with van der Waals surface area (Å²) in [5.74, 6) is 0.691. The number of hydrogen-bond donors (Lipinski definition) is 0. The number of hydrogen-bond acceptors (Lipinski definition) is 6. The predicted molar refractivity (Wildman–Crippen MR) is 68.9 cm³/mol. The van der Waals surface area contributed by atoms with Gasteiger partial charge in [-0.25, -0.2) is 4.98 Å². The highest BCUT2D eigenvalue weighted by Crippen LogP contribution is 2.30. The van der Waals surface area contributed by atoms with E-state index < -0.39 is 0 Å². The molecule has 0 fully saturated rings. The lowest BCUT2D eigenvalue weighted by molar-refractivity contribution is 0.834. The first-order valence-electron chi connectivity index (χ1n) is 3.53. The lowest BCUT2D eigenvalue weighted by Gasteiger charge is -2.02. The summed E-state index contributed by atoms with van der Waals surface area (Å²) in [6, 6.07) is 0. The molecule has 2 heterocycles. The molecule has 0 saturated heterocycles. The predicted octanol–water partition coefficient (Wildman–Crippen LogP) is 3.17. The zero-order chi connectivity index (χ0) is 10.8. The largest absolute Gasteiger partial charge is 0.302 e. The molecule has 0 amide bonds. The van der Waals surface area contributed by atoms with Crippen LogP contribution in [0.1, 0.15) is 0 Å². The van der Waals surface area contributed by atoms with Crippen LogP contribution in [0.5, 0.6) is 0 Å². The van der Waals surface area contributed by atoms with Gasteiger partial charge in [0.2, 0.25) is 0 Å². The van der Waals surface area contributed by atoms with Crippen molar-refractivity contribution in [3.63, 3.8) is 0 Å². The standard InChI is InChI=1S/C5H2Br3N5S2/c6-2-3(7)13(4(8)9-2)1-14-5-10-11-12-15-5/h1H2. The maximum Gasteiger partial charge on any atom is 0.195 e. The number of imidazole rings is 1. The second kappa shape index (κ2) is 5.21. The van der Waals surface area contributed by atoms with E-state index in [2.05, 4.69) is 67.6 Å². The van der Waals surface area contributed by atoms with Crippen molar-refractivity contribution in [3.8, 4) is 0 Å². The van der Waals surface area contributed by atoms with Gasteiger partial charge in [-0.1, -0.05) is 16.3 Å². The van der Waals surface area contributed by atoms with Crippen LogP contribution in [0.15, 0.2) is 18.3 Å². The number of thioether (sulfide) groups is 1. The monoisotopic (exact) mass is 433 g/mol. The van der Waals surface area contributed by atoms with Crippen LogP contribution in [0.3, 0.4) is 0 Å². The normalized spacial score (nSPS) is 10.9. The molecule has 2 aromatic rings. The summed E-state index contributed by atoms with van der Waals surface area (Å²) in [4.78, 5) is 4.20. The Kier molecular flexibility index (Phi) is 4.16. The second-order valence-corrected chi connectivity index (χ2v) is 6.43. The van der Waals surface area contributed by atoms with Crippen molar-refractivity contribution in [1.29, 1.82) is 0 Å². The topological polar surface area (TPSA) is 56.5 Å². The Bertz CT molecular complexity index is 455. The van der Waals surface area contributed by atoms with Gasteiger partial charge >= 0.3 is 0 Å². The lowest BCUT2D eigenvalue weighted by atomic mass is 10.9. The average molecular weight is 436 g/mol. The molecule has 2 aromatic heterocycles. The molecule has 0 bridgehead atoms. The number of halogens is 3. The Morgan fingerprint density at radius 3 is 2.67 bits per heavy atom. The van der Waals surface area contributed by atoms with Gasteiger partial charge in [-0.15, -0.1) is 5.10 Å². The molecular weight excluding hydrogens is 434 g/mol. The fraction of sp³-hybridized carbons (Fsp3) is 0.200. The van der Waals surface area contributed by atoms with E-state index in [1.807, 2.05) is 4.57 Å². The van der Waals surface area contributed by atoms with Gasteiger partial charge in [-0.05, 0) is 53.0 Å². The summed E-state index contributed by atoms with van der Waals surface area (Å²) in [6.45, 7) is 0. The first kappa shape index (κ1) is 12.0. The molecule has 0 aliphatic heterocycles. The number of nitrogens with zero attached hydrogens (tertiary/aromatic N) is 5. The van der Waals surface area contributed by atoms with Crippen LogP contribution in [-0.4, -0.2) is 24.4 Å². The molecule has 0 aliphatic carbocycles. The van der Waals surface area contributed by atoms with Gasteiger partial charge in [0, 0.05) is 11.5 Å². The van der Waals surface area contributed by atoms with E-state index in [9.17, 15) is 0 Å². The van der Waals surface area contributed by atoms with E-state index in [0.717, 1.165) is 18.3 Å². The third-order valence-electron chi connectivity index (χ3n) is 1.42. The minimum atomic E-state index is 0.691. The van der Waals surface area contributed by atoms with Gasteiger partial charge in [-0.2, -0.15) is 0 Å². The van der Waals surface area contributed by atoms with Crippen LogP contribution >= 0.6 is 71.1 Å². The molecular formula is C5H2Br3N5S2. The smallest absolute Gasteiger partial charge is 0.195 e. The van der Waals surface area contributed by atoms with Gasteiger partial charge in [0.15, 0.2) is 9.07 Å². The minimum Gasteiger partial charge on any atom is -0.302 e. The van der Waals surface area contributed by atoms with E-state index >= 15 is 0 Å². The third-order valence-corrected chi connectivity index (χ3v) is 5.60. The van der Waals surface area contributed by atoms with Crippen molar-refractivity contribution >= 4 is 71.1 Å². The van der Waals surface area contributed by atoms with Crippen LogP contribution < -0.4 is 0 Å². The van der Waals surface area contributed by atoms with Gasteiger partial charge < -0.3 is 4.57 Å².